The lowest BCUT2D eigenvalue weighted by atomic mass is 10.3. The lowest BCUT2D eigenvalue weighted by molar-refractivity contribution is 0.0479. The molecule has 0 saturated carbocycles. The van der Waals surface area contributed by atoms with E-state index in [0.29, 0.717) is 5.01 Å². The molecule has 2 aromatic heterocycles. The summed E-state index contributed by atoms with van der Waals surface area (Å²) in [6, 6.07) is 3.56. The van der Waals surface area contributed by atoms with Gasteiger partial charge in [-0.05, 0) is 26.0 Å². The molecule has 2 rings (SSSR count). The predicted octanol–water partition coefficient (Wildman–Crippen LogP) is 2.56. The molecule has 0 saturated heterocycles. The zero-order chi connectivity index (χ0) is 15.2. The van der Waals surface area contributed by atoms with Crippen LogP contribution < -0.4 is 0 Å². The van der Waals surface area contributed by atoms with E-state index in [0.717, 1.165) is 16.9 Å². The van der Waals surface area contributed by atoms with E-state index in [4.69, 9.17) is 9.47 Å². The molecule has 2 aromatic rings. The van der Waals surface area contributed by atoms with Crippen LogP contribution in [0.1, 0.15) is 34.0 Å². The van der Waals surface area contributed by atoms with Gasteiger partial charge in [0.05, 0.1) is 13.2 Å². The van der Waals surface area contributed by atoms with Gasteiger partial charge in [0.15, 0.2) is 5.69 Å². The number of esters is 2. The number of hydrogen-bond acceptors (Lipinski definition) is 7. The van der Waals surface area contributed by atoms with Crippen molar-refractivity contribution in [3.05, 3.63) is 35.1 Å². The fourth-order valence-electron chi connectivity index (χ4n) is 1.61. The summed E-state index contributed by atoms with van der Waals surface area (Å²) in [6.07, 6.45) is 3.25. The third kappa shape index (κ3) is 3.43. The van der Waals surface area contributed by atoms with Crippen molar-refractivity contribution in [1.82, 2.24) is 9.97 Å². The summed E-state index contributed by atoms with van der Waals surface area (Å²) in [4.78, 5) is 32.2. The van der Waals surface area contributed by atoms with Crippen LogP contribution in [0.2, 0.25) is 0 Å². The molecule has 7 heteroatoms. The summed E-state index contributed by atoms with van der Waals surface area (Å²) < 4.78 is 9.88. The van der Waals surface area contributed by atoms with Crippen LogP contribution in [0.25, 0.3) is 10.6 Å². The molecular weight excluding hydrogens is 292 g/mol. The number of rotatable bonds is 5. The van der Waals surface area contributed by atoms with Crippen molar-refractivity contribution < 1.29 is 19.1 Å². The minimum absolute atomic E-state index is 0.0147. The van der Waals surface area contributed by atoms with Crippen LogP contribution in [0, 0.1) is 0 Å². The Morgan fingerprint density at radius 3 is 2.52 bits per heavy atom. The molecule has 0 aliphatic rings. The van der Waals surface area contributed by atoms with Crippen molar-refractivity contribution in [1.29, 1.82) is 0 Å². The molecule has 0 spiro atoms. The molecule has 2 heterocycles. The quantitative estimate of drug-likeness (QED) is 0.790. The van der Waals surface area contributed by atoms with E-state index < -0.39 is 11.9 Å². The Kier molecular flexibility index (Phi) is 4.99. The van der Waals surface area contributed by atoms with E-state index >= 15 is 0 Å². The number of carbonyl (C=O) groups is 2. The zero-order valence-corrected chi connectivity index (χ0v) is 12.5. The van der Waals surface area contributed by atoms with Crippen LogP contribution in [-0.4, -0.2) is 35.1 Å². The summed E-state index contributed by atoms with van der Waals surface area (Å²) in [7, 11) is 0. The summed E-state index contributed by atoms with van der Waals surface area (Å²) >= 11 is 1.09. The van der Waals surface area contributed by atoms with E-state index in [1.165, 1.54) is 0 Å². The second-order valence-electron chi connectivity index (χ2n) is 3.88. The Balaban J connectivity index is 2.44. The number of thiazole rings is 1. The first-order valence-corrected chi connectivity index (χ1v) is 7.24. The van der Waals surface area contributed by atoms with Crippen molar-refractivity contribution in [2.45, 2.75) is 13.8 Å². The van der Waals surface area contributed by atoms with Crippen molar-refractivity contribution in [2.24, 2.45) is 0 Å². The van der Waals surface area contributed by atoms with Crippen LogP contribution in [0.5, 0.6) is 0 Å². The Morgan fingerprint density at radius 1 is 1.19 bits per heavy atom. The second kappa shape index (κ2) is 6.94. The molecular formula is C14H14N2O4S. The van der Waals surface area contributed by atoms with Gasteiger partial charge in [-0.25, -0.2) is 14.6 Å². The molecule has 0 N–H and O–H groups in total. The highest BCUT2D eigenvalue weighted by Crippen LogP contribution is 2.28. The predicted molar refractivity (Wildman–Crippen MR) is 77.3 cm³/mol. The van der Waals surface area contributed by atoms with Crippen LogP contribution in [0.15, 0.2) is 24.5 Å². The molecule has 0 amide bonds. The Bertz CT molecular complexity index is 604. The molecule has 0 aliphatic carbocycles. The first-order valence-electron chi connectivity index (χ1n) is 6.42. The third-order valence-electron chi connectivity index (χ3n) is 2.47. The standard InChI is InChI=1S/C14H14N2O4S/c1-3-19-13(17)10-11(14(18)20-4-2)21-12(16-10)9-6-5-7-15-8-9/h5-8H,3-4H2,1-2H3. The highest BCUT2D eigenvalue weighted by Gasteiger charge is 2.25. The van der Waals surface area contributed by atoms with Crippen molar-refractivity contribution >= 4 is 23.3 Å². The van der Waals surface area contributed by atoms with Gasteiger partial charge in [0.25, 0.3) is 0 Å². The fourth-order valence-corrected chi connectivity index (χ4v) is 2.54. The van der Waals surface area contributed by atoms with Crippen LogP contribution in [0.3, 0.4) is 0 Å². The molecule has 0 aromatic carbocycles. The zero-order valence-electron chi connectivity index (χ0n) is 11.7. The van der Waals surface area contributed by atoms with Gasteiger partial charge < -0.3 is 9.47 Å². The maximum Gasteiger partial charge on any atom is 0.358 e. The first-order chi connectivity index (χ1) is 10.2. The molecule has 0 fully saturated rings. The maximum atomic E-state index is 11.9. The van der Waals surface area contributed by atoms with Gasteiger partial charge in [-0.1, -0.05) is 0 Å². The molecule has 0 bridgehead atoms. The highest BCUT2D eigenvalue weighted by atomic mass is 32.1. The number of pyridine rings is 1. The van der Waals surface area contributed by atoms with Crippen molar-refractivity contribution in [3.8, 4) is 10.6 Å². The average molecular weight is 306 g/mol. The summed E-state index contributed by atoms with van der Waals surface area (Å²) in [5.74, 6) is -1.21. The van der Waals surface area contributed by atoms with Gasteiger partial charge in [-0.3, -0.25) is 4.98 Å². The average Bonchev–Trinajstić information content (AvgIpc) is 2.94. The molecule has 0 atom stereocenters. The Hall–Kier alpha value is -2.28. The largest absolute Gasteiger partial charge is 0.462 e. The first kappa shape index (κ1) is 15.1. The minimum Gasteiger partial charge on any atom is -0.462 e. The lowest BCUT2D eigenvalue weighted by Crippen LogP contribution is -2.12. The van der Waals surface area contributed by atoms with Crippen molar-refractivity contribution in [2.75, 3.05) is 13.2 Å². The monoisotopic (exact) mass is 306 g/mol. The Labute approximate surface area is 125 Å². The van der Waals surface area contributed by atoms with E-state index in [1.54, 1.807) is 38.4 Å². The third-order valence-corrected chi connectivity index (χ3v) is 3.55. The van der Waals surface area contributed by atoms with Crippen molar-refractivity contribution in [3.63, 3.8) is 0 Å². The van der Waals surface area contributed by atoms with E-state index in [2.05, 4.69) is 9.97 Å². The molecule has 0 unspecified atom stereocenters. The van der Waals surface area contributed by atoms with E-state index in [9.17, 15) is 9.59 Å². The normalized spacial score (nSPS) is 10.2. The van der Waals surface area contributed by atoms with Gasteiger partial charge in [0, 0.05) is 18.0 Å². The topological polar surface area (TPSA) is 78.4 Å². The van der Waals surface area contributed by atoms with Crippen LogP contribution >= 0.6 is 11.3 Å². The minimum atomic E-state index is -0.632. The number of hydrogen-bond donors (Lipinski definition) is 0. The molecule has 110 valence electrons. The van der Waals surface area contributed by atoms with Gasteiger partial charge >= 0.3 is 11.9 Å². The molecule has 0 radical (unpaired) electrons. The van der Waals surface area contributed by atoms with Gasteiger partial charge in [-0.2, -0.15) is 0 Å². The second-order valence-corrected chi connectivity index (χ2v) is 4.88. The summed E-state index contributed by atoms with van der Waals surface area (Å²) in [5.41, 5.74) is 0.711. The van der Waals surface area contributed by atoms with Crippen LogP contribution in [-0.2, 0) is 9.47 Å². The molecule has 6 nitrogen and oxygen atoms in total. The lowest BCUT2D eigenvalue weighted by Gasteiger charge is -2.01. The smallest absolute Gasteiger partial charge is 0.358 e. The number of aromatic nitrogens is 2. The number of ether oxygens (including phenoxy) is 2. The maximum absolute atomic E-state index is 11.9. The summed E-state index contributed by atoms with van der Waals surface area (Å²) in [5, 5.41) is 0.522. The highest BCUT2D eigenvalue weighted by molar-refractivity contribution is 7.17. The van der Waals surface area contributed by atoms with Gasteiger partial charge in [0.1, 0.15) is 9.88 Å². The Morgan fingerprint density at radius 2 is 1.90 bits per heavy atom. The fraction of sp³-hybridized carbons (Fsp3) is 0.286. The summed E-state index contributed by atoms with van der Waals surface area (Å²) in [6.45, 7) is 3.82. The van der Waals surface area contributed by atoms with E-state index in [-0.39, 0.29) is 23.8 Å². The molecule has 0 aliphatic heterocycles. The molecule has 21 heavy (non-hydrogen) atoms. The van der Waals surface area contributed by atoms with Gasteiger partial charge in [-0.15, -0.1) is 11.3 Å². The SMILES string of the molecule is CCOC(=O)c1nc(-c2cccnc2)sc1C(=O)OCC. The number of carbonyl (C=O) groups excluding carboxylic acids is 2. The van der Waals surface area contributed by atoms with Crippen LogP contribution in [0.4, 0.5) is 0 Å². The number of nitrogens with zero attached hydrogens (tertiary/aromatic N) is 2. The van der Waals surface area contributed by atoms with Gasteiger partial charge in [0.2, 0.25) is 0 Å². The van der Waals surface area contributed by atoms with E-state index in [1.807, 2.05) is 0 Å².